The number of aliphatic hydroxyl groups excluding tert-OH is 1. The zero-order valence-corrected chi connectivity index (χ0v) is 11.8. The third kappa shape index (κ3) is 6.82. The summed E-state index contributed by atoms with van der Waals surface area (Å²) in [7, 11) is 0. The van der Waals surface area contributed by atoms with Crippen LogP contribution in [-0.2, 0) is 11.2 Å². The molecule has 1 aromatic rings. The van der Waals surface area contributed by atoms with Gasteiger partial charge in [0.2, 0.25) is 0 Å². The second-order valence-corrected chi connectivity index (χ2v) is 5.04. The molecular formula is C15H23NO3. The number of aryl methyl sites for hydroxylation is 1. The quantitative estimate of drug-likeness (QED) is 0.791. The van der Waals surface area contributed by atoms with Gasteiger partial charge in [0.05, 0.1) is 6.10 Å². The number of aliphatic hydroxyl groups is 1. The molecule has 0 fully saturated rings. The number of nitrogens with one attached hydrogen (secondary N) is 1. The molecule has 1 aromatic carbocycles. The Hall–Kier alpha value is -1.55. The first-order valence-corrected chi connectivity index (χ1v) is 6.66. The number of benzene rings is 1. The number of carbonyl (C=O) groups excluding carboxylic acids is 1. The van der Waals surface area contributed by atoms with E-state index in [-0.39, 0.29) is 24.7 Å². The smallest absolute Gasteiger partial charge is 0.258 e. The van der Waals surface area contributed by atoms with Crippen molar-refractivity contribution >= 4 is 5.91 Å². The maximum atomic E-state index is 11.4. The Morgan fingerprint density at radius 3 is 2.42 bits per heavy atom. The second-order valence-electron chi connectivity index (χ2n) is 5.04. The van der Waals surface area contributed by atoms with E-state index in [2.05, 4.69) is 5.32 Å². The van der Waals surface area contributed by atoms with Crippen LogP contribution in [0.15, 0.2) is 24.3 Å². The lowest BCUT2D eigenvalue weighted by Gasteiger charge is -2.10. The van der Waals surface area contributed by atoms with Gasteiger partial charge in [-0.15, -0.1) is 0 Å². The van der Waals surface area contributed by atoms with Crippen molar-refractivity contribution in [1.29, 1.82) is 0 Å². The molecule has 0 heterocycles. The lowest BCUT2D eigenvalue weighted by molar-refractivity contribution is -0.123. The van der Waals surface area contributed by atoms with Gasteiger partial charge < -0.3 is 15.2 Å². The maximum Gasteiger partial charge on any atom is 0.258 e. The van der Waals surface area contributed by atoms with E-state index in [0.717, 1.165) is 18.4 Å². The van der Waals surface area contributed by atoms with Crippen LogP contribution in [0.1, 0.15) is 32.8 Å². The van der Waals surface area contributed by atoms with Gasteiger partial charge >= 0.3 is 0 Å². The average Bonchev–Trinajstić information content (AvgIpc) is 2.34. The van der Waals surface area contributed by atoms with Gasteiger partial charge in [-0.3, -0.25) is 4.79 Å². The van der Waals surface area contributed by atoms with Crippen LogP contribution in [0, 0.1) is 0 Å². The van der Waals surface area contributed by atoms with E-state index in [1.54, 1.807) is 6.92 Å². The number of hydrogen-bond acceptors (Lipinski definition) is 3. The molecule has 0 saturated carbocycles. The third-order valence-corrected chi connectivity index (χ3v) is 2.59. The lowest BCUT2D eigenvalue weighted by Crippen LogP contribution is -2.34. The predicted octanol–water partition coefficient (Wildman–Crippen LogP) is 1.90. The summed E-state index contributed by atoms with van der Waals surface area (Å²) in [4.78, 5) is 11.4. The molecule has 0 spiro atoms. The Morgan fingerprint density at radius 1 is 1.26 bits per heavy atom. The van der Waals surface area contributed by atoms with E-state index >= 15 is 0 Å². The fourth-order valence-electron chi connectivity index (χ4n) is 1.64. The van der Waals surface area contributed by atoms with Crippen LogP contribution in [0.2, 0.25) is 0 Å². The third-order valence-electron chi connectivity index (χ3n) is 2.59. The summed E-state index contributed by atoms with van der Waals surface area (Å²) in [6.45, 7) is 5.64. The van der Waals surface area contributed by atoms with Gasteiger partial charge in [0, 0.05) is 6.04 Å². The highest BCUT2D eigenvalue weighted by Gasteiger charge is 2.04. The molecule has 2 N–H and O–H groups in total. The molecule has 4 heteroatoms. The molecule has 0 aliphatic carbocycles. The van der Waals surface area contributed by atoms with E-state index in [9.17, 15) is 9.90 Å². The van der Waals surface area contributed by atoms with Crippen LogP contribution >= 0.6 is 0 Å². The summed E-state index contributed by atoms with van der Waals surface area (Å²) in [6.07, 6.45) is 1.30. The van der Waals surface area contributed by atoms with Gasteiger partial charge in [-0.25, -0.2) is 0 Å². The van der Waals surface area contributed by atoms with E-state index < -0.39 is 0 Å². The van der Waals surface area contributed by atoms with Gasteiger partial charge in [0.15, 0.2) is 6.61 Å². The van der Waals surface area contributed by atoms with E-state index in [1.807, 2.05) is 38.1 Å². The van der Waals surface area contributed by atoms with Gasteiger partial charge in [0.25, 0.3) is 5.91 Å². The minimum atomic E-state index is -0.282. The number of carbonyl (C=O) groups is 1. The highest BCUT2D eigenvalue weighted by Crippen LogP contribution is 2.13. The van der Waals surface area contributed by atoms with E-state index in [4.69, 9.17) is 4.74 Å². The van der Waals surface area contributed by atoms with Crippen LogP contribution in [0.4, 0.5) is 0 Å². The Labute approximate surface area is 114 Å². The van der Waals surface area contributed by atoms with Crippen molar-refractivity contribution in [2.75, 3.05) is 6.61 Å². The molecule has 1 amide bonds. The molecule has 0 saturated heterocycles. The van der Waals surface area contributed by atoms with Crippen molar-refractivity contribution in [2.45, 2.75) is 45.8 Å². The monoisotopic (exact) mass is 265 g/mol. The van der Waals surface area contributed by atoms with Crippen molar-refractivity contribution in [3.63, 3.8) is 0 Å². The predicted molar refractivity (Wildman–Crippen MR) is 75.2 cm³/mol. The van der Waals surface area contributed by atoms with Gasteiger partial charge in [-0.1, -0.05) is 12.1 Å². The molecule has 19 heavy (non-hydrogen) atoms. The standard InChI is InChI=1S/C15H23NO3/c1-11(2)16-15(18)10-19-14-8-6-13(7-9-14)5-4-12(3)17/h6-9,11-12,17H,4-5,10H2,1-3H3,(H,16,18). The van der Waals surface area contributed by atoms with Crippen molar-refractivity contribution in [3.8, 4) is 5.75 Å². The first-order valence-electron chi connectivity index (χ1n) is 6.66. The molecule has 1 atom stereocenters. The molecule has 1 unspecified atom stereocenters. The molecule has 0 bridgehead atoms. The molecule has 0 aliphatic heterocycles. The van der Waals surface area contributed by atoms with Crippen molar-refractivity contribution in [3.05, 3.63) is 29.8 Å². The van der Waals surface area contributed by atoms with Crippen LogP contribution < -0.4 is 10.1 Å². The lowest BCUT2D eigenvalue weighted by atomic mass is 10.1. The number of ether oxygens (including phenoxy) is 1. The van der Waals surface area contributed by atoms with Gasteiger partial charge in [-0.05, 0) is 51.3 Å². The minimum absolute atomic E-state index is 0.0329. The Kier molecular flexibility index (Phi) is 6.36. The molecule has 0 radical (unpaired) electrons. The van der Waals surface area contributed by atoms with E-state index in [1.165, 1.54) is 0 Å². The van der Waals surface area contributed by atoms with Crippen molar-refractivity contribution < 1.29 is 14.6 Å². The fourth-order valence-corrected chi connectivity index (χ4v) is 1.64. The molecule has 4 nitrogen and oxygen atoms in total. The number of hydrogen-bond donors (Lipinski definition) is 2. The van der Waals surface area contributed by atoms with Crippen LogP contribution in [0.5, 0.6) is 5.75 Å². The molecule has 106 valence electrons. The number of rotatable bonds is 7. The topological polar surface area (TPSA) is 58.6 Å². The maximum absolute atomic E-state index is 11.4. The summed E-state index contributed by atoms with van der Waals surface area (Å²) in [5, 5.41) is 12.0. The van der Waals surface area contributed by atoms with Crippen LogP contribution in [0.25, 0.3) is 0 Å². The minimum Gasteiger partial charge on any atom is -0.484 e. The van der Waals surface area contributed by atoms with E-state index in [0.29, 0.717) is 5.75 Å². The largest absolute Gasteiger partial charge is 0.484 e. The molecular weight excluding hydrogens is 242 g/mol. The zero-order chi connectivity index (χ0) is 14.3. The summed E-state index contributed by atoms with van der Waals surface area (Å²) in [5.41, 5.74) is 1.15. The summed E-state index contributed by atoms with van der Waals surface area (Å²) in [5.74, 6) is 0.563. The molecule has 1 rings (SSSR count). The highest BCUT2D eigenvalue weighted by atomic mass is 16.5. The Morgan fingerprint density at radius 2 is 1.89 bits per heavy atom. The first-order chi connectivity index (χ1) is 8.97. The van der Waals surface area contributed by atoms with Crippen LogP contribution in [-0.4, -0.2) is 29.8 Å². The second kappa shape index (κ2) is 7.79. The summed E-state index contributed by atoms with van der Waals surface area (Å²) < 4.78 is 5.39. The normalized spacial score (nSPS) is 12.3. The fraction of sp³-hybridized carbons (Fsp3) is 0.533. The first kappa shape index (κ1) is 15.5. The van der Waals surface area contributed by atoms with Crippen molar-refractivity contribution in [2.24, 2.45) is 0 Å². The summed E-state index contributed by atoms with van der Waals surface area (Å²) >= 11 is 0. The van der Waals surface area contributed by atoms with Crippen LogP contribution in [0.3, 0.4) is 0 Å². The summed E-state index contributed by atoms with van der Waals surface area (Å²) in [6, 6.07) is 7.73. The molecule has 0 aliphatic rings. The Balaban J connectivity index is 2.37. The zero-order valence-electron chi connectivity index (χ0n) is 11.8. The highest BCUT2D eigenvalue weighted by molar-refractivity contribution is 5.77. The number of amides is 1. The van der Waals surface area contributed by atoms with Crippen molar-refractivity contribution in [1.82, 2.24) is 5.32 Å². The van der Waals surface area contributed by atoms with Gasteiger partial charge in [-0.2, -0.15) is 0 Å². The Bertz CT molecular complexity index is 385. The van der Waals surface area contributed by atoms with Gasteiger partial charge in [0.1, 0.15) is 5.75 Å². The molecule has 0 aromatic heterocycles. The SMILES string of the molecule is CC(O)CCc1ccc(OCC(=O)NC(C)C)cc1. The average molecular weight is 265 g/mol.